The first-order chi connectivity index (χ1) is 19.9. The van der Waals surface area contributed by atoms with Crippen molar-refractivity contribution in [2.24, 2.45) is 5.73 Å². The second kappa shape index (κ2) is 12.4. The number of carbonyl (C=O) groups is 1. The summed E-state index contributed by atoms with van der Waals surface area (Å²) in [5.41, 5.74) is 8.96. The van der Waals surface area contributed by atoms with Crippen LogP contribution in [-0.4, -0.2) is 76.6 Å². The highest BCUT2D eigenvalue weighted by atomic mass is 16.5. The maximum atomic E-state index is 12.1. The molecule has 216 valence electrons. The number of carbonyl (C=O) groups excluding carboxylic acids is 1. The van der Waals surface area contributed by atoms with Crippen LogP contribution >= 0.6 is 0 Å². The van der Waals surface area contributed by atoms with E-state index in [0.29, 0.717) is 53.8 Å². The number of anilines is 1. The number of aromatic nitrogens is 4. The SMILES string of the molecule is CNC(=O)[C@H]1O[C@@H](n2cnc3c(NCCc4cc(OC)c(OCc5ccccc5)c(OC)c4)ncnc32)[C@H](O)[C@@H]1N. The van der Waals surface area contributed by atoms with Crippen molar-refractivity contribution in [3.63, 3.8) is 0 Å². The number of aliphatic hydroxyl groups is 1. The fourth-order valence-electron chi connectivity index (χ4n) is 4.74. The molecule has 4 aromatic rings. The van der Waals surface area contributed by atoms with E-state index in [2.05, 4.69) is 25.6 Å². The van der Waals surface area contributed by atoms with Gasteiger partial charge in [-0.3, -0.25) is 9.36 Å². The summed E-state index contributed by atoms with van der Waals surface area (Å²) in [6, 6.07) is 12.8. The number of imidazole rings is 1. The Morgan fingerprint density at radius 2 is 1.83 bits per heavy atom. The van der Waals surface area contributed by atoms with Crippen LogP contribution in [0.5, 0.6) is 17.2 Å². The van der Waals surface area contributed by atoms with Crippen molar-refractivity contribution < 1.29 is 28.8 Å². The summed E-state index contributed by atoms with van der Waals surface area (Å²) in [5, 5.41) is 16.5. The Kier molecular flexibility index (Phi) is 8.47. The minimum absolute atomic E-state index is 0.381. The lowest BCUT2D eigenvalue weighted by Gasteiger charge is -2.17. The van der Waals surface area contributed by atoms with Crippen LogP contribution in [0.3, 0.4) is 0 Å². The van der Waals surface area contributed by atoms with Crippen LogP contribution < -0.4 is 30.6 Å². The van der Waals surface area contributed by atoms with E-state index in [1.807, 2.05) is 42.5 Å². The number of aliphatic hydroxyl groups excluding tert-OH is 1. The van der Waals surface area contributed by atoms with Crippen LogP contribution in [0.1, 0.15) is 17.4 Å². The molecule has 5 rings (SSSR count). The second-order valence-corrected chi connectivity index (χ2v) is 9.46. The summed E-state index contributed by atoms with van der Waals surface area (Å²) in [4.78, 5) is 25.2. The molecule has 2 aromatic carbocycles. The minimum Gasteiger partial charge on any atom is -0.493 e. The number of hydrogen-bond acceptors (Lipinski definition) is 11. The monoisotopic (exact) mass is 563 g/mol. The smallest absolute Gasteiger partial charge is 0.250 e. The van der Waals surface area contributed by atoms with Gasteiger partial charge in [0.1, 0.15) is 19.0 Å². The van der Waals surface area contributed by atoms with E-state index in [9.17, 15) is 9.90 Å². The highest BCUT2D eigenvalue weighted by Gasteiger charge is 2.46. The first-order valence-corrected chi connectivity index (χ1v) is 13.1. The van der Waals surface area contributed by atoms with Crippen LogP contribution in [0.25, 0.3) is 11.2 Å². The lowest BCUT2D eigenvalue weighted by molar-refractivity contribution is -0.134. The zero-order valence-corrected chi connectivity index (χ0v) is 23.0. The highest BCUT2D eigenvalue weighted by Crippen LogP contribution is 2.39. The van der Waals surface area contributed by atoms with Crippen molar-refractivity contribution in [2.75, 3.05) is 33.1 Å². The Balaban J connectivity index is 1.28. The molecule has 1 amide bonds. The first kappa shape index (κ1) is 28.1. The number of amides is 1. The Hall–Kier alpha value is -4.46. The predicted molar refractivity (Wildman–Crippen MR) is 150 cm³/mol. The van der Waals surface area contributed by atoms with E-state index in [1.54, 1.807) is 18.8 Å². The average Bonchev–Trinajstić information content (AvgIpc) is 3.56. The minimum atomic E-state index is -1.13. The average molecular weight is 564 g/mol. The van der Waals surface area contributed by atoms with Gasteiger partial charge in [-0.2, -0.15) is 0 Å². The Bertz CT molecular complexity index is 1470. The van der Waals surface area contributed by atoms with Crippen molar-refractivity contribution in [2.45, 2.75) is 37.5 Å². The predicted octanol–water partition coefficient (Wildman–Crippen LogP) is 1.41. The van der Waals surface area contributed by atoms with E-state index in [0.717, 1.165) is 11.1 Å². The summed E-state index contributed by atoms with van der Waals surface area (Å²) in [6.07, 6.45) is 0.437. The molecule has 2 aromatic heterocycles. The molecule has 4 atom stereocenters. The fourth-order valence-corrected chi connectivity index (χ4v) is 4.74. The zero-order chi connectivity index (χ0) is 28.9. The number of rotatable bonds is 11. The third kappa shape index (κ3) is 5.73. The number of nitrogens with zero attached hydrogens (tertiary/aromatic N) is 4. The van der Waals surface area contributed by atoms with E-state index in [1.165, 1.54) is 19.7 Å². The number of nitrogens with two attached hydrogens (primary N) is 1. The maximum absolute atomic E-state index is 12.1. The van der Waals surface area contributed by atoms with Crippen LogP contribution in [0.2, 0.25) is 0 Å². The molecule has 13 nitrogen and oxygen atoms in total. The molecule has 0 aliphatic carbocycles. The van der Waals surface area contributed by atoms with Crippen LogP contribution in [0.4, 0.5) is 5.82 Å². The third-order valence-corrected chi connectivity index (χ3v) is 6.91. The van der Waals surface area contributed by atoms with Gasteiger partial charge >= 0.3 is 0 Å². The molecule has 1 aliphatic heterocycles. The second-order valence-electron chi connectivity index (χ2n) is 9.46. The number of methoxy groups -OCH3 is 2. The van der Waals surface area contributed by atoms with Crippen LogP contribution in [0, 0.1) is 0 Å². The molecule has 5 N–H and O–H groups in total. The molecule has 0 unspecified atom stereocenters. The van der Waals surface area contributed by atoms with E-state index >= 15 is 0 Å². The molecule has 3 heterocycles. The fraction of sp³-hybridized carbons (Fsp3) is 0.357. The van der Waals surface area contributed by atoms with E-state index in [-0.39, 0.29) is 0 Å². The molecule has 1 aliphatic rings. The van der Waals surface area contributed by atoms with Gasteiger partial charge in [0.05, 0.1) is 26.6 Å². The van der Waals surface area contributed by atoms with Gasteiger partial charge in [0.25, 0.3) is 5.91 Å². The number of hydrogen-bond donors (Lipinski definition) is 4. The van der Waals surface area contributed by atoms with Crippen molar-refractivity contribution in [1.82, 2.24) is 24.8 Å². The maximum Gasteiger partial charge on any atom is 0.250 e. The number of fused-ring (bicyclic) bond motifs is 1. The van der Waals surface area contributed by atoms with Crippen molar-refractivity contribution >= 4 is 22.9 Å². The molecule has 1 saturated heterocycles. The largest absolute Gasteiger partial charge is 0.493 e. The van der Waals surface area contributed by atoms with Crippen LogP contribution in [0.15, 0.2) is 55.1 Å². The van der Waals surface area contributed by atoms with Crippen LogP contribution in [-0.2, 0) is 22.6 Å². The normalized spacial score (nSPS) is 20.1. The summed E-state index contributed by atoms with van der Waals surface area (Å²) in [7, 11) is 4.67. The van der Waals surface area contributed by atoms with Gasteiger partial charge in [-0.25, -0.2) is 15.0 Å². The number of ether oxygens (including phenoxy) is 4. The summed E-state index contributed by atoms with van der Waals surface area (Å²) in [5.74, 6) is 1.77. The number of benzene rings is 2. The van der Waals surface area contributed by atoms with Crippen molar-refractivity contribution in [3.05, 3.63) is 66.2 Å². The molecule has 1 fully saturated rings. The summed E-state index contributed by atoms with van der Waals surface area (Å²) < 4.78 is 24.6. The summed E-state index contributed by atoms with van der Waals surface area (Å²) in [6.45, 7) is 0.897. The molecule has 41 heavy (non-hydrogen) atoms. The van der Waals surface area contributed by atoms with Gasteiger partial charge in [0.15, 0.2) is 40.8 Å². The van der Waals surface area contributed by atoms with Crippen molar-refractivity contribution in [1.29, 1.82) is 0 Å². The van der Waals surface area contributed by atoms with Gasteiger partial charge in [-0.05, 0) is 29.7 Å². The van der Waals surface area contributed by atoms with Gasteiger partial charge in [0, 0.05) is 13.6 Å². The quantitative estimate of drug-likeness (QED) is 0.208. The standard InChI is InChI=1S/C28H33N7O6/c1-30-27(37)24-20(29)22(36)28(41-24)35-15-34-21-25(32-14-33-26(21)35)31-10-9-17-11-18(38-2)23(19(12-17)39-3)40-13-16-7-5-4-6-8-16/h4-8,11-12,14-15,20,22,24,28,36H,9-10,13,29H2,1-3H3,(H,30,37)(H,31,32,33)/t20-,22+,24-,28+/m0/s1. The Morgan fingerprint density at radius 1 is 1.10 bits per heavy atom. The Morgan fingerprint density at radius 3 is 2.51 bits per heavy atom. The molecule has 0 saturated carbocycles. The van der Waals surface area contributed by atoms with Gasteiger partial charge in [-0.1, -0.05) is 30.3 Å². The molecule has 13 heteroatoms. The zero-order valence-electron chi connectivity index (χ0n) is 23.0. The van der Waals surface area contributed by atoms with E-state index in [4.69, 9.17) is 24.7 Å². The number of likely N-dealkylation sites (N-methyl/N-ethyl adjacent to an activating group) is 1. The van der Waals surface area contributed by atoms with Crippen molar-refractivity contribution in [3.8, 4) is 17.2 Å². The lowest BCUT2D eigenvalue weighted by atomic mass is 10.1. The molecular weight excluding hydrogens is 530 g/mol. The van der Waals surface area contributed by atoms with Gasteiger partial charge in [0.2, 0.25) is 5.75 Å². The van der Waals surface area contributed by atoms with E-state index < -0.39 is 30.4 Å². The Labute approximate surface area is 236 Å². The summed E-state index contributed by atoms with van der Waals surface area (Å²) >= 11 is 0. The molecule has 0 radical (unpaired) electrons. The lowest BCUT2D eigenvalue weighted by Crippen LogP contribution is -2.46. The number of nitrogens with one attached hydrogen (secondary N) is 2. The third-order valence-electron chi connectivity index (χ3n) is 6.91. The van der Waals surface area contributed by atoms with Gasteiger partial charge < -0.3 is 40.4 Å². The molecular formula is C28H33N7O6. The highest BCUT2D eigenvalue weighted by molar-refractivity contribution is 5.83. The molecule has 0 bridgehead atoms. The first-order valence-electron chi connectivity index (χ1n) is 13.1. The topological polar surface area (TPSA) is 168 Å². The van der Waals surface area contributed by atoms with Gasteiger partial charge in [-0.15, -0.1) is 0 Å². The molecule has 0 spiro atoms.